The zero-order valence-corrected chi connectivity index (χ0v) is 14.6. The Bertz CT molecular complexity index is 1080. The molecule has 0 unspecified atom stereocenters. The van der Waals surface area contributed by atoms with Crippen LogP contribution in [0.4, 0.5) is 5.82 Å². The fraction of sp³-hybridized carbons (Fsp3) is 0.316. The first-order valence-electron chi connectivity index (χ1n) is 8.86. The number of rotatable bonds is 3. The van der Waals surface area contributed by atoms with Crippen LogP contribution in [0.5, 0.6) is 0 Å². The zero-order valence-electron chi connectivity index (χ0n) is 14.6. The van der Waals surface area contributed by atoms with Gasteiger partial charge in [0.15, 0.2) is 5.82 Å². The largest absolute Gasteiger partial charge is 0.378 e. The standard InChI is InChI=1S/C19H20N6O/c1-24-17-12-13(11-16-18-15(21-22-16)3-2-6-20-18)4-5-14(17)19(23-24)25-7-9-26-10-8-25/h2-6,12H,7-11H2,1H3,(H,21,22). The molecule has 0 bridgehead atoms. The van der Waals surface area contributed by atoms with E-state index in [1.165, 1.54) is 10.9 Å². The first kappa shape index (κ1) is 15.3. The van der Waals surface area contributed by atoms with Gasteiger partial charge in [-0.2, -0.15) is 10.2 Å². The number of aryl methyl sites for hydroxylation is 1. The van der Waals surface area contributed by atoms with Crippen LogP contribution in [-0.4, -0.2) is 51.3 Å². The van der Waals surface area contributed by atoms with Gasteiger partial charge < -0.3 is 9.64 Å². The quantitative estimate of drug-likeness (QED) is 0.615. The van der Waals surface area contributed by atoms with Crippen LogP contribution >= 0.6 is 0 Å². The number of fused-ring (bicyclic) bond motifs is 2. The van der Waals surface area contributed by atoms with Gasteiger partial charge in [0.05, 0.1) is 24.4 Å². The highest BCUT2D eigenvalue weighted by Gasteiger charge is 2.18. The Morgan fingerprint density at radius 3 is 2.96 bits per heavy atom. The molecule has 1 N–H and O–H groups in total. The predicted octanol–water partition coefficient (Wildman–Crippen LogP) is 2.27. The Labute approximate surface area is 150 Å². The van der Waals surface area contributed by atoms with E-state index in [1.807, 2.05) is 23.9 Å². The van der Waals surface area contributed by atoms with E-state index in [9.17, 15) is 0 Å². The van der Waals surface area contributed by atoms with Crippen molar-refractivity contribution in [2.75, 3.05) is 31.2 Å². The van der Waals surface area contributed by atoms with E-state index in [1.54, 1.807) is 6.20 Å². The van der Waals surface area contributed by atoms with Crippen LogP contribution < -0.4 is 4.90 Å². The topological polar surface area (TPSA) is 71.9 Å². The van der Waals surface area contributed by atoms with Crippen molar-refractivity contribution in [2.45, 2.75) is 6.42 Å². The number of morpholine rings is 1. The molecule has 3 aromatic heterocycles. The van der Waals surface area contributed by atoms with Crippen LogP contribution in [0.15, 0.2) is 36.5 Å². The van der Waals surface area contributed by atoms with Crippen LogP contribution in [0.2, 0.25) is 0 Å². The Hall–Kier alpha value is -2.93. The summed E-state index contributed by atoms with van der Waals surface area (Å²) in [4.78, 5) is 6.76. The average molecular weight is 348 g/mol. The number of pyridine rings is 1. The van der Waals surface area contributed by atoms with Crippen LogP contribution in [0, 0.1) is 0 Å². The number of hydrogen-bond acceptors (Lipinski definition) is 5. The van der Waals surface area contributed by atoms with Crippen molar-refractivity contribution in [3.05, 3.63) is 47.8 Å². The summed E-state index contributed by atoms with van der Waals surface area (Å²) in [5.41, 5.74) is 5.23. The number of anilines is 1. The van der Waals surface area contributed by atoms with Crippen molar-refractivity contribution in [1.82, 2.24) is 25.0 Å². The van der Waals surface area contributed by atoms with E-state index in [2.05, 4.69) is 38.3 Å². The summed E-state index contributed by atoms with van der Waals surface area (Å²) in [7, 11) is 2.00. The molecule has 1 saturated heterocycles. The van der Waals surface area contributed by atoms with Gasteiger partial charge in [0.25, 0.3) is 0 Å². The molecule has 1 aliphatic heterocycles. The van der Waals surface area contributed by atoms with Crippen molar-refractivity contribution in [2.24, 2.45) is 7.05 Å². The molecule has 0 spiro atoms. The number of nitrogens with one attached hydrogen (secondary N) is 1. The van der Waals surface area contributed by atoms with Gasteiger partial charge in [-0.1, -0.05) is 6.07 Å². The third-order valence-electron chi connectivity index (χ3n) is 4.97. The lowest BCUT2D eigenvalue weighted by Crippen LogP contribution is -2.36. The molecule has 1 fully saturated rings. The Morgan fingerprint density at radius 2 is 2.08 bits per heavy atom. The van der Waals surface area contributed by atoms with Gasteiger partial charge in [0.2, 0.25) is 0 Å². The number of nitrogens with zero attached hydrogens (tertiary/aromatic N) is 5. The van der Waals surface area contributed by atoms with Crippen LogP contribution in [-0.2, 0) is 18.2 Å². The number of H-pyrrole nitrogens is 1. The normalized spacial score (nSPS) is 15.2. The molecule has 4 aromatic rings. The molecule has 0 atom stereocenters. The molecular weight excluding hydrogens is 328 g/mol. The molecule has 7 nitrogen and oxygen atoms in total. The van der Waals surface area contributed by atoms with Gasteiger partial charge in [0, 0.05) is 38.1 Å². The summed E-state index contributed by atoms with van der Waals surface area (Å²) < 4.78 is 7.43. The van der Waals surface area contributed by atoms with Crippen LogP contribution in [0.3, 0.4) is 0 Å². The lowest BCUT2D eigenvalue weighted by Gasteiger charge is -2.26. The Kier molecular flexibility index (Phi) is 3.60. The Balaban J connectivity index is 1.51. The predicted molar refractivity (Wildman–Crippen MR) is 100 cm³/mol. The molecule has 0 radical (unpaired) electrons. The van der Waals surface area contributed by atoms with E-state index < -0.39 is 0 Å². The Morgan fingerprint density at radius 1 is 1.19 bits per heavy atom. The molecule has 0 amide bonds. The maximum atomic E-state index is 5.46. The highest BCUT2D eigenvalue weighted by atomic mass is 16.5. The van der Waals surface area contributed by atoms with Gasteiger partial charge in [0.1, 0.15) is 11.0 Å². The first-order valence-corrected chi connectivity index (χ1v) is 8.86. The molecule has 1 aromatic carbocycles. The molecule has 1 aliphatic rings. The average Bonchev–Trinajstić information content (AvgIpc) is 3.24. The summed E-state index contributed by atoms with van der Waals surface area (Å²) in [6.45, 7) is 3.30. The van der Waals surface area contributed by atoms with Gasteiger partial charge in [-0.15, -0.1) is 0 Å². The molecule has 5 rings (SSSR count). The van der Waals surface area contributed by atoms with Gasteiger partial charge in [-0.05, 0) is 29.8 Å². The van der Waals surface area contributed by atoms with Crippen molar-refractivity contribution < 1.29 is 4.74 Å². The molecule has 132 valence electrons. The van der Waals surface area contributed by atoms with Crippen LogP contribution in [0.25, 0.3) is 21.9 Å². The fourth-order valence-corrected chi connectivity index (χ4v) is 3.63. The van der Waals surface area contributed by atoms with E-state index in [4.69, 9.17) is 9.84 Å². The number of aromatic amines is 1. The number of benzene rings is 1. The van der Waals surface area contributed by atoms with Crippen molar-refractivity contribution >= 4 is 27.8 Å². The van der Waals surface area contributed by atoms with E-state index in [0.29, 0.717) is 0 Å². The molecule has 0 aliphatic carbocycles. The maximum absolute atomic E-state index is 5.46. The first-order chi connectivity index (χ1) is 12.8. The van der Waals surface area contributed by atoms with Gasteiger partial charge in [-0.25, -0.2) is 0 Å². The van der Waals surface area contributed by atoms with E-state index >= 15 is 0 Å². The third-order valence-corrected chi connectivity index (χ3v) is 4.97. The second-order valence-electron chi connectivity index (χ2n) is 6.65. The maximum Gasteiger partial charge on any atom is 0.158 e. The second kappa shape index (κ2) is 6.10. The highest BCUT2D eigenvalue weighted by molar-refractivity contribution is 5.91. The SMILES string of the molecule is Cn1nc(N2CCOCC2)c2ccc(Cc3[nH]nc4cccnc34)cc21. The van der Waals surface area contributed by atoms with Crippen LogP contribution in [0.1, 0.15) is 11.3 Å². The van der Waals surface area contributed by atoms with Crippen molar-refractivity contribution in [1.29, 1.82) is 0 Å². The minimum atomic E-state index is 0.760. The van der Waals surface area contributed by atoms with Gasteiger partial charge >= 0.3 is 0 Å². The van der Waals surface area contributed by atoms with Gasteiger partial charge in [-0.3, -0.25) is 14.8 Å². The number of aromatic nitrogens is 5. The summed E-state index contributed by atoms with van der Waals surface area (Å²) in [6.07, 6.45) is 2.57. The summed E-state index contributed by atoms with van der Waals surface area (Å²) in [5, 5.41) is 13.4. The monoisotopic (exact) mass is 348 g/mol. The molecule has 0 saturated carbocycles. The summed E-state index contributed by atoms with van der Waals surface area (Å²) >= 11 is 0. The molecule has 4 heterocycles. The molecule has 26 heavy (non-hydrogen) atoms. The zero-order chi connectivity index (χ0) is 17.5. The lowest BCUT2D eigenvalue weighted by molar-refractivity contribution is 0.122. The smallest absolute Gasteiger partial charge is 0.158 e. The highest BCUT2D eigenvalue weighted by Crippen LogP contribution is 2.28. The fourth-order valence-electron chi connectivity index (χ4n) is 3.63. The third kappa shape index (κ3) is 2.52. The minimum absolute atomic E-state index is 0.760. The summed E-state index contributed by atoms with van der Waals surface area (Å²) in [5.74, 6) is 1.05. The lowest BCUT2D eigenvalue weighted by atomic mass is 10.1. The summed E-state index contributed by atoms with van der Waals surface area (Å²) in [6, 6.07) is 10.4. The second-order valence-corrected chi connectivity index (χ2v) is 6.65. The van der Waals surface area contributed by atoms with E-state index in [0.717, 1.165) is 60.8 Å². The van der Waals surface area contributed by atoms with Crippen molar-refractivity contribution in [3.63, 3.8) is 0 Å². The molecular formula is C19H20N6O. The van der Waals surface area contributed by atoms with Crippen molar-refractivity contribution in [3.8, 4) is 0 Å². The number of hydrogen-bond donors (Lipinski definition) is 1. The molecule has 7 heteroatoms. The minimum Gasteiger partial charge on any atom is -0.378 e. The number of ether oxygens (including phenoxy) is 1. The van der Waals surface area contributed by atoms with E-state index in [-0.39, 0.29) is 0 Å².